The minimum Gasteiger partial charge on any atom is -0.254 e. The molecule has 0 aliphatic carbocycles. The number of aromatic nitrogens is 3. The van der Waals surface area contributed by atoms with E-state index in [1.807, 2.05) is 0 Å². The van der Waals surface area contributed by atoms with Crippen molar-refractivity contribution in [3.63, 3.8) is 0 Å². The number of hydrogen-bond acceptors (Lipinski definition) is 7. The van der Waals surface area contributed by atoms with Gasteiger partial charge in [-0.2, -0.15) is 18.8 Å². The van der Waals surface area contributed by atoms with Crippen LogP contribution in [0.25, 0.3) is 5.65 Å². The highest BCUT2D eigenvalue weighted by atomic mass is 32.2. The lowest BCUT2D eigenvalue weighted by Gasteiger charge is -2.14. The first kappa shape index (κ1) is 13.4. The van der Waals surface area contributed by atoms with Gasteiger partial charge in [0.2, 0.25) is 0 Å². The maximum atomic E-state index is 12.0. The molecule has 0 fully saturated rings. The number of thioether (sulfide) groups is 1. The van der Waals surface area contributed by atoms with Crippen molar-refractivity contribution < 1.29 is 12.6 Å². The number of hydrogen-bond donors (Lipinski definition) is 0. The second-order valence-electron chi connectivity index (χ2n) is 4.77. The number of nitrogens with zero attached hydrogens (tertiary/aromatic N) is 4. The molecule has 0 atom stereocenters. The van der Waals surface area contributed by atoms with Crippen LogP contribution in [0.4, 0.5) is 0 Å². The summed E-state index contributed by atoms with van der Waals surface area (Å²) in [5, 5.41) is 13.9. The molecule has 0 unspecified atom stereocenters. The molecule has 2 aromatic rings. The van der Waals surface area contributed by atoms with Crippen LogP contribution >= 0.6 is 11.8 Å². The molecule has 20 heavy (non-hydrogen) atoms. The lowest BCUT2D eigenvalue weighted by molar-refractivity contribution is 0.128. The van der Waals surface area contributed by atoms with Crippen LogP contribution in [0.15, 0.2) is 16.1 Å². The maximum Gasteiger partial charge on any atom is 0.301 e. The van der Waals surface area contributed by atoms with Gasteiger partial charge in [0, 0.05) is 0 Å². The van der Waals surface area contributed by atoms with Crippen LogP contribution in [0.1, 0.15) is 25.1 Å². The van der Waals surface area contributed by atoms with Gasteiger partial charge < -0.3 is 0 Å². The molecular formula is C11H10N4O3S2. The minimum atomic E-state index is -3.83. The first-order valence-corrected chi connectivity index (χ1v) is 8.27. The number of rotatable bonds is 1. The summed E-state index contributed by atoms with van der Waals surface area (Å²) in [6.45, 7) is 3.25. The molecule has 0 saturated carbocycles. The molecule has 0 amide bonds. The largest absolute Gasteiger partial charge is 0.301 e. The molecule has 1 aliphatic heterocycles. The van der Waals surface area contributed by atoms with Crippen LogP contribution in [0.5, 0.6) is 0 Å². The Bertz CT molecular complexity index is 877. The van der Waals surface area contributed by atoms with Crippen molar-refractivity contribution in [2.75, 3.05) is 6.26 Å². The second-order valence-corrected chi connectivity index (χ2v) is 7.08. The van der Waals surface area contributed by atoms with E-state index in [-0.39, 0.29) is 4.90 Å². The molecule has 0 spiro atoms. The van der Waals surface area contributed by atoms with Gasteiger partial charge in [-0.05, 0) is 20.1 Å². The van der Waals surface area contributed by atoms with Crippen LogP contribution in [0.2, 0.25) is 0 Å². The molecule has 2 aromatic heterocycles. The summed E-state index contributed by atoms with van der Waals surface area (Å²) < 4.78 is 30.3. The molecule has 0 radical (unpaired) electrons. The van der Waals surface area contributed by atoms with Gasteiger partial charge in [0.15, 0.2) is 5.65 Å². The third-order valence-corrected chi connectivity index (χ3v) is 5.15. The normalized spacial score (nSPS) is 18.9. The van der Waals surface area contributed by atoms with Gasteiger partial charge in [-0.25, -0.2) is 9.50 Å². The van der Waals surface area contributed by atoms with Crippen molar-refractivity contribution in [2.24, 2.45) is 0 Å². The van der Waals surface area contributed by atoms with E-state index in [0.717, 1.165) is 0 Å². The van der Waals surface area contributed by atoms with Crippen molar-refractivity contribution in [2.45, 2.75) is 29.4 Å². The molecule has 7 nitrogen and oxygen atoms in total. The van der Waals surface area contributed by atoms with Crippen molar-refractivity contribution in [1.82, 2.24) is 14.6 Å². The van der Waals surface area contributed by atoms with Gasteiger partial charge in [0.05, 0.1) is 11.9 Å². The predicted octanol–water partition coefficient (Wildman–Crippen LogP) is 1.28. The second kappa shape index (κ2) is 3.94. The Kier molecular flexibility index (Phi) is 2.63. The van der Waals surface area contributed by atoms with E-state index in [4.69, 9.17) is 4.18 Å². The fourth-order valence-electron chi connectivity index (χ4n) is 2.15. The standard InChI is InChI=1S/C11H10N4O3S2/c1-11(2)8-7(20(16,17)18-11)5-15-9(13-8)6(4-12)10(14-15)19-3/h5H,1-3H3. The van der Waals surface area contributed by atoms with Gasteiger partial charge in [0.25, 0.3) is 0 Å². The molecule has 0 aromatic carbocycles. The zero-order valence-corrected chi connectivity index (χ0v) is 12.5. The summed E-state index contributed by atoms with van der Waals surface area (Å²) in [7, 11) is -3.83. The van der Waals surface area contributed by atoms with E-state index < -0.39 is 15.7 Å². The van der Waals surface area contributed by atoms with Gasteiger partial charge in [0.1, 0.15) is 27.2 Å². The molecule has 9 heteroatoms. The predicted molar refractivity (Wildman–Crippen MR) is 70.8 cm³/mol. The van der Waals surface area contributed by atoms with E-state index in [1.54, 1.807) is 20.1 Å². The Balaban J connectivity index is 2.44. The van der Waals surface area contributed by atoms with E-state index in [1.165, 1.54) is 22.5 Å². The highest BCUT2D eigenvalue weighted by Gasteiger charge is 2.44. The smallest absolute Gasteiger partial charge is 0.254 e. The van der Waals surface area contributed by atoms with E-state index in [9.17, 15) is 13.7 Å². The third-order valence-electron chi connectivity index (χ3n) is 3.01. The molecular weight excluding hydrogens is 300 g/mol. The zero-order chi connectivity index (χ0) is 14.7. The summed E-state index contributed by atoms with van der Waals surface area (Å²) in [6.07, 6.45) is 3.14. The Morgan fingerprint density at radius 1 is 1.50 bits per heavy atom. The Hall–Kier alpha value is -1.63. The molecule has 104 valence electrons. The highest BCUT2D eigenvalue weighted by molar-refractivity contribution is 7.98. The third kappa shape index (κ3) is 1.65. The summed E-state index contributed by atoms with van der Waals surface area (Å²) in [6, 6.07) is 2.05. The summed E-state index contributed by atoms with van der Waals surface area (Å²) in [5.74, 6) is 0. The van der Waals surface area contributed by atoms with E-state index in [2.05, 4.69) is 16.2 Å². The van der Waals surface area contributed by atoms with Crippen LogP contribution in [-0.4, -0.2) is 29.3 Å². The van der Waals surface area contributed by atoms with Crippen LogP contribution < -0.4 is 0 Å². The van der Waals surface area contributed by atoms with Gasteiger partial charge >= 0.3 is 10.1 Å². The topological polar surface area (TPSA) is 97.3 Å². The lowest BCUT2D eigenvalue weighted by atomic mass is 10.1. The van der Waals surface area contributed by atoms with Crippen LogP contribution in [0.3, 0.4) is 0 Å². The number of fused-ring (bicyclic) bond motifs is 2. The van der Waals surface area contributed by atoms with Crippen molar-refractivity contribution in [3.05, 3.63) is 17.5 Å². The number of nitriles is 1. The lowest BCUT2D eigenvalue weighted by Crippen LogP contribution is -2.17. The average Bonchev–Trinajstić information content (AvgIpc) is 2.80. The summed E-state index contributed by atoms with van der Waals surface area (Å²) >= 11 is 1.31. The molecule has 0 saturated heterocycles. The first-order chi connectivity index (χ1) is 9.30. The highest BCUT2D eigenvalue weighted by Crippen LogP contribution is 2.40. The minimum absolute atomic E-state index is 0.00496. The summed E-state index contributed by atoms with van der Waals surface area (Å²) in [4.78, 5) is 4.30. The SMILES string of the molecule is CSc1nn2cc3c(nc2c1C#N)C(C)(C)OS3(=O)=O. The monoisotopic (exact) mass is 310 g/mol. The van der Waals surface area contributed by atoms with Crippen molar-refractivity contribution in [1.29, 1.82) is 5.26 Å². The molecule has 0 bridgehead atoms. The first-order valence-electron chi connectivity index (χ1n) is 5.64. The van der Waals surface area contributed by atoms with Crippen molar-refractivity contribution in [3.8, 4) is 6.07 Å². The Labute approximate surface area is 119 Å². The fourth-order valence-corrected chi connectivity index (χ4v) is 4.13. The Morgan fingerprint density at radius 2 is 2.20 bits per heavy atom. The fraction of sp³-hybridized carbons (Fsp3) is 0.364. The Morgan fingerprint density at radius 3 is 2.80 bits per heavy atom. The van der Waals surface area contributed by atoms with Gasteiger partial charge in [-0.15, -0.1) is 11.8 Å². The van der Waals surface area contributed by atoms with Gasteiger partial charge in [-0.3, -0.25) is 4.18 Å². The molecule has 0 N–H and O–H groups in total. The average molecular weight is 310 g/mol. The van der Waals surface area contributed by atoms with E-state index >= 15 is 0 Å². The van der Waals surface area contributed by atoms with Gasteiger partial charge in [-0.1, -0.05) is 0 Å². The van der Waals surface area contributed by atoms with Crippen LogP contribution in [-0.2, 0) is 19.9 Å². The summed E-state index contributed by atoms with van der Waals surface area (Å²) in [5.41, 5.74) is -0.0780. The molecule has 1 aliphatic rings. The van der Waals surface area contributed by atoms with Crippen molar-refractivity contribution >= 4 is 27.5 Å². The molecule has 3 heterocycles. The van der Waals surface area contributed by atoms with E-state index in [0.29, 0.717) is 21.9 Å². The van der Waals surface area contributed by atoms with Crippen LogP contribution in [0, 0.1) is 11.3 Å². The molecule has 3 rings (SSSR count). The zero-order valence-electron chi connectivity index (χ0n) is 10.9. The quantitative estimate of drug-likeness (QED) is 0.578. The maximum absolute atomic E-state index is 12.0.